The van der Waals surface area contributed by atoms with Crippen LogP contribution in [0, 0.1) is 0 Å². The molecule has 0 aliphatic carbocycles. The predicted molar refractivity (Wildman–Crippen MR) is 79.9 cm³/mol. The predicted octanol–water partition coefficient (Wildman–Crippen LogP) is 2.13. The molecule has 0 unspecified atom stereocenters. The molecule has 1 aromatic heterocycles. The van der Waals surface area contributed by atoms with Crippen molar-refractivity contribution in [2.75, 3.05) is 32.8 Å². The molecule has 110 valence electrons. The highest BCUT2D eigenvalue weighted by atomic mass is 32.1. The molecule has 2 aliphatic heterocycles. The summed E-state index contributed by atoms with van der Waals surface area (Å²) in [6, 6.07) is 2.64. The molecular weight excluding hydrogens is 272 g/mol. The molecule has 1 amide bonds. The van der Waals surface area contributed by atoms with Gasteiger partial charge in [0, 0.05) is 38.8 Å². The highest BCUT2D eigenvalue weighted by molar-refractivity contribution is 7.07. The average Bonchev–Trinajstić information content (AvgIpc) is 3.18. The monoisotopic (exact) mass is 294 g/mol. The maximum absolute atomic E-state index is 12.3. The fraction of sp³-hybridized carbons (Fsp3) is 0.667. The second kappa shape index (κ2) is 6.24. The van der Waals surface area contributed by atoms with Crippen LogP contribution in [-0.2, 0) is 9.53 Å². The van der Waals surface area contributed by atoms with Crippen molar-refractivity contribution in [3.05, 3.63) is 22.4 Å². The Labute approximate surface area is 124 Å². The van der Waals surface area contributed by atoms with Gasteiger partial charge >= 0.3 is 0 Å². The van der Waals surface area contributed by atoms with Crippen LogP contribution in [0.2, 0.25) is 0 Å². The van der Waals surface area contributed by atoms with Crippen LogP contribution < -0.4 is 0 Å². The highest BCUT2D eigenvalue weighted by Gasteiger charge is 2.31. The van der Waals surface area contributed by atoms with E-state index in [2.05, 4.69) is 28.7 Å². The molecule has 2 atom stereocenters. The number of hydrogen-bond acceptors (Lipinski definition) is 4. The maximum atomic E-state index is 12.3. The Morgan fingerprint density at radius 3 is 2.80 bits per heavy atom. The molecule has 0 N–H and O–H groups in total. The fourth-order valence-corrected chi connectivity index (χ4v) is 3.78. The number of amides is 1. The Balaban J connectivity index is 1.53. The van der Waals surface area contributed by atoms with E-state index in [0.29, 0.717) is 6.04 Å². The van der Waals surface area contributed by atoms with Crippen molar-refractivity contribution < 1.29 is 9.53 Å². The molecule has 3 rings (SSSR count). The van der Waals surface area contributed by atoms with Gasteiger partial charge in [-0.25, -0.2) is 0 Å². The zero-order chi connectivity index (χ0) is 13.9. The van der Waals surface area contributed by atoms with Gasteiger partial charge in [0.05, 0.1) is 0 Å². The van der Waals surface area contributed by atoms with Gasteiger partial charge in [0.1, 0.15) is 6.10 Å². The first-order valence-corrected chi connectivity index (χ1v) is 8.36. The normalized spacial score (nSPS) is 25.9. The molecule has 0 bridgehead atoms. The summed E-state index contributed by atoms with van der Waals surface area (Å²) in [5.41, 5.74) is 1.38. The van der Waals surface area contributed by atoms with Crippen LogP contribution in [0.5, 0.6) is 0 Å². The van der Waals surface area contributed by atoms with Crippen LogP contribution in [0.1, 0.15) is 31.4 Å². The Morgan fingerprint density at radius 2 is 2.20 bits per heavy atom. The van der Waals surface area contributed by atoms with Crippen molar-refractivity contribution in [2.24, 2.45) is 0 Å². The van der Waals surface area contributed by atoms with Gasteiger partial charge in [0.25, 0.3) is 5.91 Å². The molecule has 2 aliphatic rings. The van der Waals surface area contributed by atoms with Crippen molar-refractivity contribution in [1.82, 2.24) is 9.80 Å². The van der Waals surface area contributed by atoms with Gasteiger partial charge in [-0.2, -0.15) is 11.3 Å². The lowest BCUT2D eigenvalue weighted by atomic mass is 10.1. The summed E-state index contributed by atoms with van der Waals surface area (Å²) < 4.78 is 5.50. The van der Waals surface area contributed by atoms with E-state index in [0.717, 1.165) is 45.6 Å². The van der Waals surface area contributed by atoms with E-state index < -0.39 is 0 Å². The van der Waals surface area contributed by atoms with E-state index in [1.807, 2.05) is 4.90 Å². The molecule has 0 radical (unpaired) electrons. The first-order chi connectivity index (χ1) is 9.75. The molecule has 1 aromatic rings. The largest absolute Gasteiger partial charge is 0.368 e. The van der Waals surface area contributed by atoms with Crippen molar-refractivity contribution in [1.29, 1.82) is 0 Å². The van der Waals surface area contributed by atoms with Gasteiger partial charge in [0.2, 0.25) is 0 Å². The third-order valence-corrected chi connectivity index (χ3v) is 5.11. The molecule has 0 saturated carbocycles. The summed E-state index contributed by atoms with van der Waals surface area (Å²) >= 11 is 1.75. The summed E-state index contributed by atoms with van der Waals surface area (Å²) in [5, 5.41) is 4.34. The lowest BCUT2D eigenvalue weighted by Crippen LogP contribution is -2.51. The van der Waals surface area contributed by atoms with Crippen molar-refractivity contribution in [3.63, 3.8) is 0 Å². The second-order valence-corrected chi connectivity index (χ2v) is 6.38. The van der Waals surface area contributed by atoms with Crippen LogP contribution in [0.4, 0.5) is 0 Å². The maximum Gasteiger partial charge on any atom is 0.251 e. The molecule has 20 heavy (non-hydrogen) atoms. The minimum Gasteiger partial charge on any atom is -0.368 e. The summed E-state index contributed by atoms with van der Waals surface area (Å²) in [4.78, 5) is 16.7. The van der Waals surface area contributed by atoms with Crippen molar-refractivity contribution in [2.45, 2.75) is 31.9 Å². The summed E-state index contributed by atoms with van der Waals surface area (Å²) in [5.74, 6) is 0.199. The topological polar surface area (TPSA) is 32.8 Å². The van der Waals surface area contributed by atoms with Crippen LogP contribution in [-0.4, -0.2) is 54.6 Å². The lowest BCUT2D eigenvalue weighted by Gasteiger charge is -2.38. The van der Waals surface area contributed by atoms with Gasteiger partial charge in [-0.05, 0) is 42.2 Å². The molecule has 2 saturated heterocycles. The first-order valence-electron chi connectivity index (χ1n) is 7.42. The Bertz CT molecular complexity index is 435. The van der Waals surface area contributed by atoms with E-state index in [1.165, 1.54) is 5.56 Å². The fourth-order valence-electron chi connectivity index (χ4n) is 3.03. The SMILES string of the molecule is C[C@@H](c1ccsc1)N1CCN(C(=O)[C@@H]2CCCO2)CC1. The minimum absolute atomic E-state index is 0.171. The smallest absolute Gasteiger partial charge is 0.251 e. The van der Waals surface area contributed by atoms with Gasteiger partial charge < -0.3 is 9.64 Å². The molecule has 4 nitrogen and oxygen atoms in total. The Kier molecular flexibility index (Phi) is 4.38. The number of carbonyl (C=O) groups is 1. The number of carbonyl (C=O) groups excluding carboxylic acids is 1. The van der Waals surface area contributed by atoms with E-state index in [4.69, 9.17) is 4.74 Å². The number of rotatable bonds is 3. The number of piperazine rings is 1. The number of hydrogen-bond donors (Lipinski definition) is 0. The van der Waals surface area contributed by atoms with Crippen molar-refractivity contribution >= 4 is 17.2 Å². The van der Waals surface area contributed by atoms with Crippen molar-refractivity contribution in [3.8, 4) is 0 Å². The number of ether oxygens (including phenoxy) is 1. The second-order valence-electron chi connectivity index (χ2n) is 5.60. The number of nitrogens with zero attached hydrogens (tertiary/aromatic N) is 2. The highest BCUT2D eigenvalue weighted by Crippen LogP contribution is 2.24. The quantitative estimate of drug-likeness (QED) is 0.856. The van der Waals surface area contributed by atoms with Gasteiger partial charge in [0.15, 0.2) is 0 Å². The minimum atomic E-state index is -0.171. The third kappa shape index (κ3) is 2.90. The standard InChI is InChI=1S/C15H22N2O2S/c1-12(13-4-10-20-11-13)16-5-7-17(8-6-16)15(18)14-3-2-9-19-14/h4,10-12,14H,2-3,5-9H2,1H3/t12-,14-/m0/s1. The zero-order valence-corrected chi connectivity index (χ0v) is 12.8. The average molecular weight is 294 g/mol. The summed E-state index contributed by atoms with van der Waals surface area (Å²) in [6.07, 6.45) is 1.74. The summed E-state index contributed by atoms with van der Waals surface area (Å²) in [6.45, 7) is 6.55. The van der Waals surface area contributed by atoms with E-state index >= 15 is 0 Å². The molecule has 3 heterocycles. The molecule has 5 heteroatoms. The Hall–Kier alpha value is -0.910. The van der Waals surface area contributed by atoms with Crippen LogP contribution >= 0.6 is 11.3 Å². The number of thiophene rings is 1. The van der Waals surface area contributed by atoms with E-state index in [9.17, 15) is 4.79 Å². The molecular formula is C15H22N2O2S. The molecule has 0 aromatic carbocycles. The van der Waals surface area contributed by atoms with Gasteiger partial charge in [-0.15, -0.1) is 0 Å². The van der Waals surface area contributed by atoms with Gasteiger partial charge in [-0.3, -0.25) is 9.69 Å². The van der Waals surface area contributed by atoms with E-state index in [-0.39, 0.29) is 12.0 Å². The lowest BCUT2D eigenvalue weighted by molar-refractivity contribution is -0.143. The summed E-state index contributed by atoms with van der Waals surface area (Å²) in [7, 11) is 0. The van der Waals surface area contributed by atoms with Crippen LogP contribution in [0.25, 0.3) is 0 Å². The zero-order valence-electron chi connectivity index (χ0n) is 12.0. The van der Waals surface area contributed by atoms with Gasteiger partial charge in [-0.1, -0.05) is 0 Å². The molecule has 2 fully saturated rings. The third-order valence-electron chi connectivity index (χ3n) is 4.40. The molecule has 0 spiro atoms. The van der Waals surface area contributed by atoms with Crippen LogP contribution in [0.15, 0.2) is 16.8 Å². The Morgan fingerprint density at radius 1 is 1.40 bits per heavy atom. The van der Waals surface area contributed by atoms with Crippen LogP contribution in [0.3, 0.4) is 0 Å². The van der Waals surface area contributed by atoms with E-state index in [1.54, 1.807) is 11.3 Å². The first kappa shape index (κ1) is 14.0.